The first-order chi connectivity index (χ1) is 7.79. The maximum Gasteiger partial charge on any atom is 0.00692 e. The minimum atomic E-state index is 0.753. The molecule has 0 spiro atoms. The van der Waals surface area contributed by atoms with E-state index in [4.69, 9.17) is 0 Å². The van der Waals surface area contributed by atoms with Crippen molar-refractivity contribution in [1.82, 2.24) is 4.90 Å². The second-order valence-electron chi connectivity index (χ2n) is 4.92. The summed E-state index contributed by atoms with van der Waals surface area (Å²) in [6.07, 6.45) is 1.32. The van der Waals surface area contributed by atoms with Crippen molar-refractivity contribution in [3.05, 3.63) is 35.9 Å². The van der Waals surface area contributed by atoms with Gasteiger partial charge in [-0.25, -0.2) is 0 Å². The second kappa shape index (κ2) is 5.83. The van der Waals surface area contributed by atoms with Gasteiger partial charge in [0, 0.05) is 18.4 Å². The lowest BCUT2D eigenvalue weighted by Gasteiger charge is -2.19. The summed E-state index contributed by atoms with van der Waals surface area (Å²) in [7, 11) is 0. The standard InChI is InChI=1S/C14H20BrN/c1-12(9-15)10-16-8-7-14(11-16)13-5-3-2-4-6-13/h2-6,12,14H,7-11H2,1H3. The fourth-order valence-corrected chi connectivity index (χ4v) is 2.69. The van der Waals surface area contributed by atoms with E-state index in [1.54, 1.807) is 0 Å². The lowest BCUT2D eigenvalue weighted by atomic mass is 9.99. The molecule has 16 heavy (non-hydrogen) atoms. The Morgan fingerprint density at radius 3 is 2.81 bits per heavy atom. The SMILES string of the molecule is CC(CBr)CN1CCC(c2ccccc2)C1. The summed E-state index contributed by atoms with van der Waals surface area (Å²) >= 11 is 3.56. The highest BCUT2D eigenvalue weighted by molar-refractivity contribution is 9.09. The van der Waals surface area contributed by atoms with E-state index in [1.165, 1.54) is 31.6 Å². The van der Waals surface area contributed by atoms with Crippen molar-refractivity contribution < 1.29 is 0 Å². The Morgan fingerprint density at radius 2 is 2.12 bits per heavy atom. The molecule has 1 saturated heterocycles. The lowest BCUT2D eigenvalue weighted by Crippen LogP contribution is -2.26. The van der Waals surface area contributed by atoms with E-state index in [1.807, 2.05) is 0 Å². The molecular formula is C14H20BrN. The van der Waals surface area contributed by atoms with Gasteiger partial charge in [0.25, 0.3) is 0 Å². The summed E-state index contributed by atoms with van der Waals surface area (Å²) in [5.41, 5.74) is 1.51. The van der Waals surface area contributed by atoms with Crippen LogP contribution in [0.3, 0.4) is 0 Å². The van der Waals surface area contributed by atoms with E-state index in [0.717, 1.165) is 17.2 Å². The summed E-state index contributed by atoms with van der Waals surface area (Å²) in [5, 5.41) is 1.11. The second-order valence-corrected chi connectivity index (χ2v) is 5.56. The van der Waals surface area contributed by atoms with Crippen LogP contribution in [0.5, 0.6) is 0 Å². The minimum absolute atomic E-state index is 0.753. The van der Waals surface area contributed by atoms with Crippen molar-refractivity contribution >= 4 is 15.9 Å². The molecule has 1 heterocycles. The summed E-state index contributed by atoms with van der Waals surface area (Å²) in [4.78, 5) is 2.60. The molecule has 1 nitrogen and oxygen atoms in total. The Balaban J connectivity index is 1.89. The summed E-state index contributed by atoms with van der Waals surface area (Å²) < 4.78 is 0. The lowest BCUT2D eigenvalue weighted by molar-refractivity contribution is 0.297. The number of benzene rings is 1. The van der Waals surface area contributed by atoms with Crippen LogP contribution in [0, 0.1) is 5.92 Å². The third-order valence-electron chi connectivity index (χ3n) is 3.38. The van der Waals surface area contributed by atoms with Gasteiger partial charge in [0.05, 0.1) is 0 Å². The van der Waals surface area contributed by atoms with Crippen LogP contribution in [0.1, 0.15) is 24.8 Å². The van der Waals surface area contributed by atoms with E-state index in [-0.39, 0.29) is 0 Å². The zero-order valence-electron chi connectivity index (χ0n) is 9.90. The maximum absolute atomic E-state index is 3.56. The van der Waals surface area contributed by atoms with Gasteiger partial charge in [0.2, 0.25) is 0 Å². The molecule has 0 aliphatic carbocycles. The smallest absolute Gasteiger partial charge is 0.00692 e. The third-order valence-corrected chi connectivity index (χ3v) is 4.48. The molecule has 0 N–H and O–H groups in total. The summed E-state index contributed by atoms with van der Waals surface area (Å²) in [6, 6.07) is 10.9. The highest BCUT2D eigenvalue weighted by Gasteiger charge is 2.24. The Hall–Kier alpha value is -0.340. The van der Waals surface area contributed by atoms with Gasteiger partial charge in [-0.2, -0.15) is 0 Å². The first kappa shape index (κ1) is 12.1. The molecule has 1 aliphatic heterocycles. The molecule has 88 valence electrons. The van der Waals surface area contributed by atoms with Crippen LogP contribution in [0.15, 0.2) is 30.3 Å². The molecule has 0 saturated carbocycles. The fourth-order valence-electron chi connectivity index (χ4n) is 2.49. The number of hydrogen-bond acceptors (Lipinski definition) is 1. The van der Waals surface area contributed by atoms with Gasteiger partial charge >= 0.3 is 0 Å². The summed E-state index contributed by atoms with van der Waals surface area (Å²) in [6.45, 7) is 6.04. The van der Waals surface area contributed by atoms with Crippen LogP contribution in [0.25, 0.3) is 0 Å². The zero-order valence-corrected chi connectivity index (χ0v) is 11.5. The molecule has 2 rings (SSSR count). The van der Waals surface area contributed by atoms with Crippen LogP contribution < -0.4 is 0 Å². The first-order valence-corrected chi connectivity index (χ1v) is 7.25. The first-order valence-electron chi connectivity index (χ1n) is 6.13. The molecule has 1 fully saturated rings. The zero-order chi connectivity index (χ0) is 11.4. The van der Waals surface area contributed by atoms with Crippen molar-refractivity contribution in [2.24, 2.45) is 5.92 Å². The van der Waals surface area contributed by atoms with Crippen LogP contribution in [-0.4, -0.2) is 29.9 Å². The van der Waals surface area contributed by atoms with E-state index in [9.17, 15) is 0 Å². The Kier molecular flexibility index (Phi) is 4.42. The third kappa shape index (κ3) is 3.08. The number of alkyl halides is 1. The molecule has 0 bridgehead atoms. The van der Waals surface area contributed by atoms with E-state index in [2.05, 4.69) is 58.1 Å². The highest BCUT2D eigenvalue weighted by Crippen LogP contribution is 2.27. The maximum atomic E-state index is 3.56. The van der Waals surface area contributed by atoms with Crippen LogP contribution in [0.4, 0.5) is 0 Å². The number of hydrogen-bond donors (Lipinski definition) is 0. The molecule has 1 aromatic rings. The molecule has 2 atom stereocenters. The molecule has 1 aliphatic rings. The van der Waals surface area contributed by atoms with Gasteiger partial charge in [-0.15, -0.1) is 0 Å². The van der Waals surface area contributed by atoms with Gasteiger partial charge in [0.1, 0.15) is 0 Å². The molecule has 0 amide bonds. The van der Waals surface area contributed by atoms with Crippen molar-refractivity contribution in [2.75, 3.05) is 25.0 Å². The Morgan fingerprint density at radius 1 is 1.38 bits per heavy atom. The van der Waals surface area contributed by atoms with Gasteiger partial charge < -0.3 is 4.90 Å². The van der Waals surface area contributed by atoms with Crippen LogP contribution in [0.2, 0.25) is 0 Å². The fraction of sp³-hybridized carbons (Fsp3) is 0.571. The number of nitrogens with zero attached hydrogens (tertiary/aromatic N) is 1. The number of rotatable bonds is 4. The Bertz CT molecular complexity index is 312. The van der Waals surface area contributed by atoms with Gasteiger partial charge in [-0.1, -0.05) is 53.2 Å². The highest BCUT2D eigenvalue weighted by atomic mass is 79.9. The topological polar surface area (TPSA) is 3.24 Å². The van der Waals surface area contributed by atoms with Gasteiger partial charge in [-0.05, 0) is 30.4 Å². The van der Waals surface area contributed by atoms with Crippen molar-refractivity contribution in [1.29, 1.82) is 0 Å². The van der Waals surface area contributed by atoms with Crippen LogP contribution >= 0.6 is 15.9 Å². The molecule has 2 unspecified atom stereocenters. The van der Waals surface area contributed by atoms with Gasteiger partial charge in [-0.3, -0.25) is 0 Å². The van der Waals surface area contributed by atoms with Crippen LogP contribution in [-0.2, 0) is 0 Å². The molecule has 0 aromatic heterocycles. The molecule has 1 aromatic carbocycles. The van der Waals surface area contributed by atoms with E-state index in [0.29, 0.717) is 0 Å². The quantitative estimate of drug-likeness (QED) is 0.764. The predicted molar refractivity (Wildman–Crippen MR) is 73.2 cm³/mol. The van der Waals surface area contributed by atoms with Crippen molar-refractivity contribution in [3.8, 4) is 0 Å². The van der Waals surface area contributed by atoms with E-state index >= 15 is 0 Å². The number of halogens is 1. The summed E-state index contributed by atoms with van der Waals surface area (Å²) in [5.74, 6) is 1.51. The normalized spacial score (nSPS) is 23.5. The average Bonchev–Trinajstić information content (AvgIpc) is 2.78. The Labute approximate surface area is 107 Å². The predicted octanol–water partition coefficient (Wildman–Crippen LogP) is 3.51. The molecule has 0 radical (unpaired) electrons. The monoisotopic (exact) mass is 281 g/mol. The van der Waals surface area contributed by atoms with Gasteiger partial charge in [0.15, 0.2) is 0 Å². The van der Waals surface area contributed by atoms with Crippen molar-refractivity contribution in [2.45, 2.75) is 19.3 Å². The van der Waals surface area contributed by atoms with Crippen molar-refractivity contribution in [3.63, 3.8) is 0 Å². The van der Waals surface area contributed by atoms with E-state index < -0.39 is 0 Å². The number of likely N-dealkylation sites (tertiary alicyclic amines) is 1. The molecular weight excluding hydrogens is 262 g/mol. The average molecular weight is 282 g/mol. The minimum Gasteiger partial charge on any atom is -0.302 e. The molecule has 2 heteroatoms. The largest absolute Gasteiger partial charge is 0.302 e.